The fourth-order valence-corrected chi connectivity index (χ4v) is 1.76. The monoisotopic (exact) mass is 261 g/mol. The van der Waals surface area contributed by atoms with Crippen molar-refractivity contribution in [2.24, 2.45) is 0 Å². The van der Waals surface area contributed by atoms with Gasteiger partial charge in [-0.25, -0.2) is 8.78 Å². The van der Waals surface area contributed by atoms with Crippen molar-refractivity contribution in [1.29, 1.82) is 0 Å². The number of carbonyl (C=O) groups is 1. The van der Waals surface area contributed by atoms with Crippen LogP contribution in [-0.4, -0.2) is 5.91 Å². The maximum absolute atomic E-state index is 13.5. The third kappa shape index (κ3) is 2.96. The van der Waals surface area contributed by atoms with E-state index in [4.69, 9.17) is 0 Å². The molecule has 1 amide bonds. The normalized spacial score (nSPS) is 10.3. The van der Waals surface area contributed by atoms with E-state index in [-0.39, 0.29) is 11.3 Å². The van der Waals surface area contributed by atoms with E-state index in [0.717, 1.165) is 11.6 Å². The number of benzene rings is 2. The molecule has 2 aromatic carbocycles. The van der Waals surface area contributed by atoms with Gasteiger partial charge in [0.25, 0.3) is 5.91 Å². The van der Waals surface area contributed by atoms with Gasteiger partial charge in [0.15, 0.2) is 0 Å². The van der Waals surface area contributed by atoms with E-state index in [2.05, 4.69) is 5.32 Å². The van der Waals surface area contributed by atoms with Gasteiger partial charge in [0, 0.05) is 5.56 Å². The lowest BCUT2D eigenvalue weighted by atomic mass is 10.1. The summed E-state index contributed by atoms with van der Waals surface area (Å²) in [6.45, 7) is 3.49. The second-order valence-electron chi connectivity index (χ2n) is 4.40. The first-order chi connectivity index (χ1) is 8.97. The lowest BCUT2D eigenvalue weighted by Gasteiger charge is -2.09. The summed E-state index contributed by atoms with van der Waals surface area (Å²) in [7, 11) is 0. The highest BCUT2D eigenvalue weighted by molar-refractivity contribution is 6.05. The molecule has 2 nitrogen and oxygen atoms in total. The minimum Gasteiger partial charge on any atom is -0.319 e. The van der Waals surface area contributed by atoms with Crippen LogP contribution in [0.5, 0.6) is 0 Å². The molecule has 98 valence electrons. The van der Waals surface area contributed by atoms with Gasteiger partial charge < -0.3 is 5.32 Å². The molecule has 0 bridgehead atoms. The Labute approximate surface area is 110 Å². The minimum absolute atomic E-state index is 0.0914. The van der Waals surface area contributed by atoms with Crippen LogP contribution in [0.2, 0.25) is 0 Å². The van der Waals surface area contributed by atoms with E-state index in [0.29, 0.717) is 5.56 Å². The number of anilines is 1. The Kier molecular flexibility index (Phi) is 3.60. The van der Waals surface area contributed by atoms with Gasteiger partial charge in [0.2, 0.25) is 0 Å². The zero-order valence-electron chi connectivity index (χ0n) is 10.6. The molecule has 0 aliphatic carbocycles. The Morgan fingerprint density at radius 2 is 1.79 bits per heavy atom. The second-order valence-corrected chi connectivity index (χ2v) is 4.40. The zero-order chi connectivity index (χ0) is 14.0. The number of hydrogen-bond donors (Lipinski definition) is 1. The predicted octanol–water partition coefficient (Wildman–Crippen LogP) is 3.83. The van der Waals surface area contributed by atoms with Crippen molar-refractivity contribution >= 4 is 11.6 Å². The molecule has 0 aromatic heterocycles. The van der Waals surface area contributed by atoms with E-state index in [1.165, 1.54) is 24.3 Å². The van der Waals surface area contributed by atoms with Crippen LogP contribution in [0.25, 0.3) is 0 Å². The highest BCUT2D eigenvalue weighted by Gasteiger charge is 2.12. The molecule has 0 saturated carbocycles. The van der Waals surface area contributed by atoms with Gasteiger partial charge in [-0.3, -0.25) is 4.79 Å². The average Bonchev–Trinajstić information content (AvgIpc) is 2.36. The number of halogens is 2. The SMILES string of the molecule is Cc1ccc(F)c(NC(=O)c2cc(F)ccc2C)c1. The van der Waals surface area contributed by atoms with Crippen molar-refractivity contribution in [3.63, 3.8) is 0 Å². The van der Waals surface area contributed by atoms with Crippen molar-refractivity contribution in [2.45, 2.75) is 13.8 Å². The van der Waals surface area contributed by atoms with Crippen molar-refractivity contribution < 1.29 is 13.6 Å². The molecule has 4 heteroatoms. The summed E-state index contributed by atoms with van der Waals surface area (Å²) in [6, 6.07) is 8.35. The molecule has 0 fully saturated rings. The lowest BCUT2D eigenvalue weighted by Crippen LogP contribution is -2.14. The van der Waals surface area contributed by atoms with Crippen molar-refractivity contribution in [3.05, 3.63) is 64.7 Å². The molecule has 0 radical (unpaired) electrons. The molecule has 0 atom stereocenters. The molecule has 2 aromatic rings. The number of carbonyl (C=O) groups excluding carboxylic acids is 1. The molecule has 0 aliphatic heterocycles. The number of rotatable bonds is 2. The summed E-state index contributed by atoms with van der Waals surface area (Å²) in [4.78, 5) is 12.0. The maximum Gasteiger partial charge on any atom is 0.256 e. The van der Waals surface area contributed by atoms with Gasteiger partial charge in [-0.1, -0.05) is 12.1 Å². The van der Waals surface area contributed by atoms with Crippen LogP contribution in [0, 0.1) is 25.5 Å². The lowest BCUT2D eigenvalue weighted by molar-refractivity contribution is 0.102. The fraction of sp³-hybridized carbons (Fsp3) is 0.133. The molecular formula is C15H13F2NO. The van der Waals surface area contributed by atoms with E-state index in [9.17, 15) is 13.6 Å². The number of hydrogen-bond acceptors (Lipinski definition) is 1. The molecule has 0 unspecified atom stereocenters. The molecule has 0 spiro atoms. The third-order valence-corrected chi connectivity index (χ3v) is 2.81. The Morgan fingerprint density at radius 1 is 1.05 bits per heavy atom. The molecule has 19 heavy (non-hydrogen) atoms. The maximum atomic E-state index is 13.5. The Bertz CT molecular complexity index is 638. The van der Waals surface area contributed by atoms with E-state index in [1.54, 1.807) is 19.9 Å². The smallest absolute Gasteiger partial charge is 0.256 e. The fourth-order valence-electron chi connectivity index (χ4n) is 1.76. The van der Waals surface area contributed by atoms with Crippen molar-refractivity contribution in [2.75, 3.05) is 5.32 Å². The molecule has 0 saturated heterocycles. The molecule has 0 heterocycles. The van der Waals surface area contributed by atoms with Gasteiger partial charge in [-0.2, -0.15) is 0 Å². The predicted molar refractivity (Wildman–Crippen MR) is 70.2 cm³/mol. The van der Waals surface area contributed by atoms with Crippen LogP contribution in [-0.2, 0) is 0 Å². The Morgan fingerprint density at radius 3 is 2.53 bits per heavy atom. The van der Waals surface area contributed by atoms with E-state index >= 15 is 0 Å². The van der Waals surface area contributed by atoms with Crippen molar-refractivity contribution in [1.82, 2.24) is 0 Å². The van der Waals surface area contributed by atoms with Crippen molar-refractivity contribution in [3.8, 4) is 0 Å². The highest BCUT2D eigenvalue weighted by atomic mass is 19.1. The van der Waals surface area contributed by atoms with Gasteiger partial charge in [-0.15, -0.1) is 0 Å². The van der Waals surface area contributed by atoms with Gasteiger partial charge in [-0.05, 0) is 49.2 Å². The van der Waals surface area contributed by atoms with Crippen LogP contribution in [0.1, 0.15) is 21.5 Å². The average molecular weight is 261 g/mol. The summed E-state index contributed by atoms with van der Waals surface area (Å²) in [6.07, 6.45) is 0. The zero-order valence-corrected chi connectivity index (χ0v) is 10.6. The molecular weight excluding hydrogens is 248 g/mol. The number of nitrogens with one attached hydrogen (secondary N) is 1. The Balaban J connectivity index is 2.30. The summed E-state index contributed by atoms with van der Waals surface area (Å²) in [5.74, 6) is -1.55. The van der Waals surface area contributed by atoms with Gasteiger partial charge >= 0.3 is 0 Å². The molecule has 0 aliphatic rings. The largest absolute Gasteiger partial charge is 0.319 e. The van der Waals surface area contributed by atoms with Crippen LogP contribution in [0.15, 0.2) is 36.4 Å². The standard InChI is InChI=1S/C15H13F2NO/c1-9-3-6-13(17)14(7-9)18-15(19)12-8-11(16)5-4-10(12)2/h3-8H,1-2H3,(H,18,19). The highest BCUT2D eigenvalue weighted by Crippen LogP contribution is 2.18. The summed E-state index contributed by atoms with van der Waals surface area (Å²) in [5, 5.41) is 2.45. The molecule has 1 N–H and O–H groups in total. The quantitative estimate of drug-likeness (QED) is 0.874. The van der Waals surface area contributed by atoms with Crippen LogP contribution >= 0.6 is 0 Å². The summed E-state index contributed by atoms with van der Waals surface area (Å²) < 4.78 is 26.7. The topological polar surface area (TPSA) is 29.1 Å². The van der Waals surface area contributed by atoms with Gasteiger partial charge in [0.1, 0.15) is 11.6 Å². The summed E-state index contributed by atoms with van der Waals surface area (Å²) in [5.41, 5.74) is 1.74. The van der Waals surface area contributed by atoms with E-state index in [1.807, 2.05) is 0 Å². The van der Waals surface area contributed by atoms with Crippen LogP contribution in [0.4, 0.5) is 14.5 Å². The first-order valence-corrected chi connectivity index (χ1v) is 5.81. The first kappa shape index (κ1) is 13.2. The van der Waals surface area contributed by atoms with Crippen LogP contribution in [0.3, 0.4) is 0 Å². The minimum atomic E-state index is -0.526. The second kappa shape index (κ2) is 5.18. The number of amides is 1. The third-order valence-electron chi connectivity index (χ3n) is 2.81. The van der Waals surface area contributed by atoms with Crippen LogP contribution < -0.4 is 5.32 Å². The number of aryl methyl sites for hydroxylation is 2. The Hall–Kier alpha value is -2.23. The van der Waals surface area contributed by atoms with Gasteiger partial charge in [0.05, 0.1) is 5.69 Å². The summed E-state index contributed by atoms with van der Waals surface area (Å²) >= 11 is 0. The molecule has 2 rings (SSSR count). The first-order valence-electron chi connectivity index (χ1n) is 5.81. The van der Waals surface area contributed by atoms with E-state index < -0.39 is 17.5 Å².